The minimum atomic E-state index is -0.257. The summed E-state index contributed by atoms with van der Waals surface area (Å²) in [7, 11) is 0. The number of carbonyl (C=O) groups excluding carboxylic acids is 2. The van der Waals surface area contributed by atoms with Crippen LogP contribution in [-0.2, 0) is 9.59 Å². The van der Waals surface area contributed by atoms with Gasteiger partial charge in [-0.15, -0.1) is 0 Å². The van der Waals surface area contributed by atoms with Gasteiger partial charge in [0.1, 0.15) is 0 Å². The predicted molar refractivity (Wildman–Crippen MR) is 76.6 cm³/mol. The molecule has 0 unspecified atom stereocenters. The van der Waals surface area contributed by atoms with Crippen LogP contribution in [0.2, 0.25) is 0 Å². The SMILES string of the molecule is CC1=C[C@H](C)[C@@H]2C(=O)N(c3ccccc3)NC(=O)[C@@H]2C1. The van der Waals surface area contributed by atoms with E-state index in [1.54, 1.807) is 0 Å². The van der Waals surface area contributed by atoms with Crippen molar-refractivity contribution in [3.05, 3.63) is 42.0 Å². The van der Waals surface area contributed by atoms with E-state index in [9.17, 15) is 9.59 Å². The van der Waals surface area contributed by atoms with Crippen LogP contribution in [0.25, 0.3) is 0 Å². The molecule has 20 heavy (non-hydrogen) atoms. The number of hydrogen-bond acceptors (Lipinski definition) is 2. The molecule has 4 nitrogen and oxygen atoms in total. The average molecular weight is 270 g/mol. The Labute approximate surface area is 118 Å². The summed E-state index contributed by atoms with van der Waals surface area (Å²) >= 11 is 0. The van der Waals surface area contributed by atoms with Crippen molar-refractivity contribution in [2.45, 2.75) is 20.3 Å². The van der Waals surface area contributed by atoms with E-state index in [2.05, 4.69) is 11.5 Å². The first kappa shape index (κ1) is 12.9. The third-order valence-electron chi connectivity index (χ3n) is 4.17. The summed E-state index contributed by atoms with van der Waals surface area (Å²) in [5.74, 6) is -0.469. The molecule has 1 aromatic carbocycles. The fourth-order valence-corrected chi connectivity index (χ4v) is 3.28. The number of hydrogen-bond donors (Lipinski definition) is 1. The lowest BCUT2D eigenvalue weighted by atomic mass is 9.72. The fourth-order valence-electron chi connectivity index (χ4n) is 3.28. The molecule has 3 atom stereocenters. The van der Waals surface area contributed by atoms with Crippen LogP contribution in [0.5, 0.6) is 0 Å². The normalized spacial score (nSPS) is 29.6. The molecule has 3 rings (SSSR count). The standard InChI is InChI=1S/C16H18N2O2/c1-10-8-11(2)14-13(9-10)15(19)17-18(16(14)20)12-6-4-3-5-7-12/h3-8,11,13-14H,9H2,1-2H3,(H,17,19)/t11-,13+,14-/m0/s1. The number of benzene rings is 1. The molecule has 1 aliphatic carbocycles. The molecule has 1 aromatic rings. The summed E-state index contributed by atoms with van der Waals surface area (Å²) < 4.78 is 0. The Hall–Kier alpha value is -2.10. The van der Waals surface area contributed by atoms with E-state index in [0.29, 0.717) is 12.1 Å². The molecule has 1 heterocycles. The van der Waals surface area contributed by atoms with Crippen molar-refractivity contribution >= 4 is 17.5 Å². The molecular weight excluding hydrogens is 252 g/mol. The van der Waals surface area contributed by atoms with Gasteiger partial charge in [0.05, 0.1) is 17.5 Å². The predicted octanol–water partition coefficient (Wildman–Crippen LogP) is 2.28. The summed E-state index contributed by atoms with van der Waals surface area (Å²) in [6.45, 7) is 4.04. The number of nitrogens with zero attached hydrogens (tertiary/aromatic N) is 1. The summed E-state index contributed by atoms with van der Waals surface area (Å²) in [6.07, 6.45) is 2.79. The number of rotatable bonds is 1. The van der Waals surface area contributed by atoms with Gasteiger partial charge in [-0.2, -0.15) is 0 Å². The van der Waals surface area contributed by atoms with Gasteiger partial charge < -0.3 is 0 Å². The number of allylic oxidation sites excluding steroid dienone is 2. The van der Waals surface area contributed by atoms with Crippen molar-refractivity contribution in [3.63, 3.8) is 0 Å². The zero-order valence-corrected chi connectivity index (χ0v) is 11.7. The van der Waals surface area contributed by atoms with Gasteiger partial charge in [0.2, 0.25) is 11.8 Å². The summed E-state index contributed by atoms with van der Waals surface area (Å²) in [5, 5.41) is 1.40. The minimum Gasteiger partial charge on any atom is -0.273 e. The van der Waals surface area contributed by atoms with Gasteiger partial charge in [0, 0.05) is 0 Å². The van der Waals surface area contributed by atoms with E-state index in [4.69, 9.17) is 0 Å². The number of nitrogens with one attached hydrogen (secondary N) is 1. The molecule has 1 aliphatic heterocycles. The molecule has 0 bridgehead atoms. The molecule has 1 saturated heterocycles. The lowest BCUT2D eigenvalue weighted by molar-refractivity contribution is -0.141. The Balaban J connectivity index is 1.96. The number of anilines is 1. The molecule has 2 aliphatic rings. The summed E-state index contributed by atoms with van der Waals surface area (Å²) in [4.78, 5) is 25.0. The third-order valence-corrected chi connectivity index (χ3v) is 4.17. The van der Waals surface area contributed by atoms with Gasteiger partial charge in [-0.05, 0) is 31.4 Å². The van der Waals surface area contributed by atoms with E-state index < -0.39 is 0 Å². The summed E-state index contributed by atoms with van der Waals surface area (Å²) in [6, 6.07) is 9.25. The van der Waals surface area contributed by atoms with Crippen LogP contribution in [0, 0.1) is 17.8 Å². The summed E-state index contributed by atoms with van der Waals surface area (Å²) in [5.41, 5.74) is 4.64. The highest BCUT2D eigenvalue weighted by atomic mass is 16.2. The lowest BCUT2D eigenvalue weighted by Crippen LogP contribution is -2.61. The van der Waals surface area contributed by atoms with E-state index in [1.807, 2.05) is 44.2 Å². The first-order chi connectivity index (χ1) is 9.58. The second-order valence-electron chi connectivity index (χ2n) is 5.69. The van der Waals surface area contributed by atoms with Crippen molar-refractivity contribution in [2.24, 2.45) is 17.8 Å². The number of carbonyl (C=O) groups is 2. The molecular formula is C16H18N2O2. The molecule has 1 N–H and O–H groups in total. The zero-order valence-electron chi connectivity index (χ0n) is 11.7. The Kier molecular flexibility index (Phi) is 3.08. The van der Waals surface area contributed by atoms with Crippen LogP contribution in [0.4, 0.5) is 5.69 Å². The topological polar surface area (TPSA) is 49.4 Å². The molecule has 4 heteroatoms. The van der Waals surface area contributed by atoms with Crippen molar-refractivity contribution in [1.82, 2.24) is 5.43 Å². The molecule has 0 saturated carbocycles. The van der Waals surface area contributed by atoms with Gasteiger partial charge in [-0.3, -0.25) is 15.0 Å². The maximum Gasteiger partial charge on any atom is 0.250 e. The largest absolute Gasteiger partial charge is 0.273 e. The van der Waals surface area contributed by atoms with Crippen LogP contribution >= 0.6 is 0 Å². The Morgan fingerprint density at radius 2 is 1.90 bits per heavy atom. The first-order valence-corrected chi connectivity index (χ1v) is 6.94. The van der Waals surface area contributed by atoms with E-state index >= 15 is 0 Å². The average Bonchev–Trinajstić information content (AvgIpc) is 2.43. The monoisotopic (exact) mass is 270 g/mol. The molecule has 0 spiro atoms. The van der Waals surface area contributed by atoms with Crippen LogP contribution < -0.4 is 10.4 Å². The van der Waals surface area contributed by atoms with Crippen LogP contribution in [-0.4, -0.2) is 11.8 Å². The molecule has 2 amide bonds. The number of para-hydroxylation sites is 1. The van der Waals surface area contributed by atoms with Gasteiger partial charge in [-0.1, -0.05) is 36.8 Å². The zero-order chi connectivity index (χ0) is 14.3. The van der Waals surface area contributed by atoms with Crippen LogP contribution in [0.15, 0.2) is 42.0 Å². The van der Waals surface area contributed by atoms with Crippen LogP contribution in [0.3, 0.4) is 0 Å². The fraction of sp³-hybridized carbons (Fsp3) is 0.375. The van der Waals surface area contributed by atoms with Crippen LogP contribution in [0.1, 0.15) is 20.3 Å². The van der Waals surface area contributed by atoms with Gasteiger partial charge in [0.15, 0.2) is 0 Å². The molecule has 0 radical (unpaired) electrons. The molecule has 104 valence electrons. The smallest absolute Gasteiger partial charge is 0.250 e. The van der Waals surface area contributed by atoms with Gasteiger partial charge in [-0.25, -0.2) is 5.01 Å². The Morgan fingerprint density at radius 1 is 1.20 bits per heavy atom. The van der Waals surface area contributed by atoms with Crippen molar-refractivity contribution < 1.29 is 9.59 Å². The third kappa shape index (κ3) is 2.01. The highest BCUT2D eigenvalue weighted by molar-refractivity contribution is 6.04. The first-order valence-electron chi connectivity index (χ1n) is 6.94. The second kappa shape index (κ2) is 4.78. The number of hydrazine groups is 1. The van der Waals surface area contributed by atoms with Gasteiger partial charge in [0.25, 0.3) is 0 Å². The highest BCUT2D eigenvalue weighted by Crippen LogP contribution is 2.38. The number of amides is 2. The Morgan fingerprint density at radius 3 is 2.60 bits per heavy atom. The molecule has 1 fully saturated rings. The highest BCUT2D eigenvalue weighted by Gasteiger charge is 2.46. The number of fused-ring (bicyclic) bond motifs is 1. The lowest BCUT2D eigenvalue weighted by Gasteiger charge is -2.41. The second-order valence-corrected chi connectivity index (χ2v) is 5.69. The van der Waals surface area contributed by atoms with E-state index in [1.165, 1.54) is 10.6 Å². The Bertz CT molecular complexity index is 579. The maximum atomic E-state index is 12.7. The van der Waals surface area contributed by atoms with Crippen molar-refractivity contribution in [2.75, 3.05) is 5.01 Å². The molecule has 0 aromatic heterocycles. The minimum absolute atomic E-state index is 0.0166. The maximum absolute atomic E-state index is 12.7. The van der Waals surface area contributed by atoms with E-state index in [0.717, 1.165) is 0 Å². The van der Waals surface area contributed by atoms with E-state index in [-0.39, 0.29) is 29.6 Å². The quantitative estimate of drug-likeness (QED) is 0.796. The van der Waals surface area contributed by atoms with Crippen molar-refractivity contribution in [3.8, 4) is 0 Å². The van der Waals surface area contributed by atoms with Gasteiger partial charge >= 0.3 is 0 Å². The van der Waals surface area contributed by atoms with Crippen molar-refractivity contribution in [1.29, 1.82) is 0 Å².